The van der Waals surface area contributed by atoms with Crippen LogP contribution in [0.4, 0.5) is 0 Å². The van der Waals surface area contributed by atoms with Crippen LogP contribution >= 0.6 is 0 Å². The predicted molar refractivity (Wildman–Crippen MR) is 138 cm³/mol. The van der Waals surface area contributed by atoms with Gasteiger partial charge in [0.1, 0.15) is 11.4 Å². The molecule has 0 unspecified atom stereocenters. The highest BCUT2D eigenvalue weighted by molar-refractivity contribution is 5.76. The Morgan fingerprint density at radius 3 is 2.54 bits per heavy atom. The topological polar surface area (TPSA) is 77.6 Å². The van der Waals surface area contributed by atoms with Crippen molar-refractivity contribution in [2.24, 2.45) is 0 Å². The van der Waals surface area contributed by atoms with Crippen molar-refractivity contribution in [3.63, 3.8) is 0 Å². The highest BCUT2D eigenvalue weighted by atomic mass is 16.5. The van der Waals surface area contributed by atoms with Crippen molar-refractivity contribution in [3.8, 4) is 17.0 Å². The lowest BCUT2D eigenvalue weighted by atomic mass is 10.1. The first-order chi connectivity index (χ1) is 17.0. The maximum atomic E-state index is 13.4. The summed E-state index contributed by atoms with van der Waals surface area (Å²) in [5.41, 5.74) is 4.80. The number of carbonyl (C=O) groups is 1. The van der Waals surface area contributed by atoms with E-state index in [-0.39, 0.29) is 17.9 Å². The molecule has 0 atom stereocenters. The van der Waals surface area contributed by atoms with Crippen molar-refractivity contribution in [1.82, 2.24) is 19.5 Å². The van der Waals surface area contributed by atoms with Crippen LogP contribution in [0.5, 0.6) is 5.75 Å². The van der Waals surface area contributed by atoms with Gasteiger partial charge in [-0.1, -0.05) is 42.5 Å². The molecule has 182 valence electrons. The van der Waals surface area contributed by atoms with Gasteiger partial charge < -0.3 is 14.6 Å². The maximum Gasteiger partial charge on any atom is 0.277 e. The summed E-state index contributed by atoms with van der Waals surface area (Å²) in [6.07, 6.45) is 2.43. The molecule has 0 aliphatic carbocycles. The van der Waals surface area contributed by atoms with E-state index in [9.17, 15) is 9.59 Å². The van der Waals surface area contributed by atoms with Crippen molar-refractivity contribution < 1.29 is 9.53 Å². The second-order valence-corrected chi connectivity index (χ2v) is 8.55. The summed E-state index contributed by atoms with van der Waals surface area (Å²) in [7, 11) is 1.62. The number of nitrogens with one attached hydrogen (secondary N) is 1. The van der Waals surface area contributed by atoms with E-state index in [2.05, 4.69) is 27.1 Å². The molecule has 4 rings (SSSR count). The number of aryl methyl sites for hydroxylation is 2. The molecule has 2 aromatic heterocycles. The van der Waals surface area contributed by atoms with Crippen LogP contribution in [0.25, 0.3) is 16.9 Å². The lowest BCUT2D eigenvalue weighted by Crippen LogP contribution is -2.29. The molecule has 35 heavy (non-hydrogen) atoms. The first-order valence-corrected chi connectivity index (χ1v) is 12.1. The highest BCUT2D eigenvalue weighted by Gasteiger charge is 2.18. The quantitative estimate of drug-likeness (QED) is 0.351. The number of aromatic nitrogens is 3. The van der Waals surface area contributed by atoms with E-state index >= 15 is 0 Å². The highest BCUT2D eigenvalue weighted by Crippen LogP contribution is 2.29. The van der Waals surface area contributed by atoms with Crippen molar-refractivity contribution in [2.75, 3.05) is 13.7 Å². The second-order valence-electron chi connectivity index (χ2n) is 8.55. The Bertz CT molecular complexity index is 1370. The lowest BCUT2D eigenvalue weighted by molar-refractivity contribution is -0.121. The van der Waals surface area contributed by atoms with Crippen molar-refractivity contribution in [2.45, 2.75) is 46.1 Å². The van der Waals surface area contributed by atoms with Gasteiger partial charge in [-0.2, -0.15) is 9.61 Å². The number of carbonyl (C=O) groups excluding carboxylic acids is 1. The van der Waals surface area contributed by atoms with Gasteiger partial charge in [0.2, 0.25) is 5.91 Å². The summed E-state index contributed by atoms with van der Waals surface area (Å²) in [5, 5.41) is 7.60. The molecule has 7 nitrogen and oxygen atoms in total. The summed E-state index contributed by atoms with van der Waals surface area (Å²) in [6, 6.07) is 19.8. The summed E-state index contributed by atoms with van der Waals surface area (Å²) in [4.78, 5) is 25.8. The van der Waals surface area contributed by atoms with Crippen molar-refractivity contribution in [1.29, 1.82) is 0 Å². The second kappa shape index (κ2) is 11.0. The Morgan fingerprint density at radius 1 is 1.06 bits per heavy atom. The van der Waals surface area contributed by atoms with E-state index in [1.165, 1.54) is 10.1 Å². The molecule has 2 aromatic carbocycles. The minimum Gasteiger partial charge on any atom is -0.496 e. The fourth-order valence-electron chi connectivity index (χ4n) is 4.50. The van der Waals surface area contributed by atoms with Gasteiger partial charge >= 0.3 is 0 Å². The number of fused-ring (bicyclic) bond motifs is 1. The Balaban J connectivity index is 1.50. The Kier molecular flexibility index (Phi) is 7.65. The normalized spacial score (nSPS) is 11.1. The molecular formula is C28H32N4O3. The van der Waals surface area contributed by atoms with Crippen molar-refractivity contribution >= 4 is 11.6 Å². The molecule has 1 N–H and O–H groups in total. The molecule has 0 saturated carbocycles. The van der Waals surface area contributed by atoms with Crippen LogP contribution in [0.3, 0.4) is 0 Å². The van der Waals surface area contributed by atoms with E-state index in [0.717, 1.165) is 29.7 Å². The molecule has 4 aromatic rings. The number of methoxy groups -OCH3 is 1. The van der Waals surface area contributed by atoms with Crippen LogP contribution in [-0.4, -0.2) is 33.7 Å². The Morgan fingerprint density at radius 2 is 1.80 bits per heavy atom. The molecule has 0 spiro atoms. The zero-order valence-electron chi connectivity index (χ0n) is 20.6. The van der Waals surface area contributed by atoms with Gasteiger partial charge in [0, 0.05) is 42.4 Å². The molecule has 0 radical (unpaired) electrons. The van der Waals surface area contributed by atoms with Gasteiger partial charge in [0.25, 0.3) is 5.56 Å². The van der Waals surface area contributed by atoms with E-state index < -0.39 is 0 Å². The smallest absolute Gasteiger partial charge is 0.277 e. The zero-order valence-corrected chi connectivity index (χ0v) is 20.6. The monoisotopic (exact) mass is 472 g/mol. The SMILES string of the molecule is CCn1c(C)c(CCC(=O)NCCCc2ccccc2)c(=O)n2nc(-c3ccccc3OC)cc12. The molecule has 0 bridgehead atoms. The average Bonchev–Trinajstić information content (AvgIpc) is 3.32. The fourth-order valence-corrected chi connectivity index (χ4v) is 4.50. The van der Waals surface area contributed by atoms with E-state index in [4.69, 9.17) is 4.74 Å². The number of amides is 1. The van der Waals surface area contributed by atoms with Crippen LogP contribution in [0.2, 0.25) is 0 Å². The maximum absolute atomic E-state index is 13.4. The van der Waals surface area contributed by atoms with Crippen LogP contribution < -0.4 is 15.6 Å². The summed E-state index contributed by atoms with van der Waals surface area (Å²) >= 11 is 0. The molecule has 0 aliphatic rings. The van der Waals surface area contributed by atoms with Gasteiger partial charge in [0.05, 0.1) is 12.8 Å². The third-order valence-corrected chi connectivity index (χ3v) is 6.37. The number of ether oxygens (including phenoxy) is 1. The Labute approximate surface area is 205 Å². The first-order valence-electron chi connectivity index (χ1n) is 12.1. The average molecular weight is 473 g/mol. The minimum absolute atomic E-state index is 0.0461. The molecule has 1 amide bonds. The summed E-state index contributed by atoms with van der Waals surface area (Å²) in [6.45, 7) is 5.28. The zero-order chi connectivity index (χ0) is 24.8. The summed E-state index contributed by atoms with van der Waals surface area (Å²) in [5.74, 6) is 0.655. The van der Waals surface area contributed by atoms with E-state index in [0.29, 0.717) is 36.5 Å². The fraction of sp³-hybridized carbons (Fsp3) is 0.321. The van der Waals surface area contributed by atoms with Crippen LogP contribution in [0.1, 0.15) is 36.6 Å². The van der Waals surface area contributed by atoms with E-state index in [1.54, 1.807) is 7.11 Å². The number of hydrogen-bond acceptors (Lipinski definition) is 4. The van der Waals surface area contributed by atoms with Crippen molar-refractivity contribution in [3.05, 3.63) is 87.8 Å². The molecule has 7 heteroatoms. The van der Waals surface area contributed by atoms with Gasteiger partial charge in [-0.05, 0) is 50.8 Å². The third kappa shape index (κ3) is 5.29. The number of benzene rings is 2. The van der Waals surface area contributed by atoms with E-state index in [1.807, 2.05) is 62.4 Å². The van der Waals surface area contributed by atoms with Crippen LogP contribution in [0.15, 0.2) is 65.5 Å². The third-order valence-electron chi connectivity index (χ3n) is 6.37. The molecule has 0 saturated heterocycles. The molecule has 2 heterocycles. The number of rotatable bonds is 10. The van der Waals surface area contributed by atoms with Gasteiger partial charge in [-0.3, -0.25) is 9.59 Å². The largest absolute Gasteiger partial charge is 0.496 e. The van der Waals surface area contributed by atoms with Gasteiger partial charge in [-0.25, -0.2) is 0 Å². The minimum atomic E-state index is -0.180. The standard InChI is InChI=1S/C28H32N4O3/c1-4-31-20(2)22(16-17-26(33)29-18-10-13-21-11-6-5-7-12-21)28(34)32-27(31)19-24(30-32)23-14-8-9-15-25(23)35-3/h5-9,11-12,14-15,19H,4,10,13,16-18H2,1-3H3,(H,29,33). The number of nitrogens with zero attached hydrogens (tertiary/aromatic N) is 3. The van der Waals surface area contributed by atoms with Gasteiger partial charge in [-0.15, -0.1) is 0 Å². The Hall–Kier alpha value is -3.87. The summed E-state index contributed by atoms with van der Waals surface area (Å²) < 4.78 is 9.00. The van der Waals surface area contributed by atoms with Crippen LogP contribution in [0, 0.1) is 6.92 Å². The predicted octanol–water partition coefficient (Wildman–Crippen LogP) is 4.18. The van der Waals surface area contributed by atoms with Crippen LogP contribution in [-0.2, 0) is 24.2 Å². The molecule has 0 fully saturated rings. The number of para-hydroxylation sites is 1. The first kappa shape index (κ1) is 24.3. The van der Waals surface area contributed by atoms with Gasteiger partial charge in [0.15, 0.2) is 0 Å². The number of hydrogen-bond donors (Lipinski definition) is 1. The molecular weight excluding hydrogens is 440 g/mol. The lowest BCUT2D eigenvalue weighted by Gasteiger charge is -2.14. The molecule has 0 aliphatic heterocycles.